The summed E-state index contributed by atoms with van der Waals surface area (Å²) < 4.78 is 0. The Labute approximate surface area is 135 Å². The van der Waals surface area contributed by atoms with E-state index in [1.165, 1.54) is 44.3 Å². The minimum atomic E-state index is 0.0301. The van der Waals surface area contributed by atoms with Gasteiger partial charge in [0.25, 0.3) is 5.91 Å². The second kappa shape index (κ2) is 8.33. The Morgan fingerprint density at radius 1 is 1.05 bits per heavy atom. The molecular formula is C19H30N2O. The van der Waals surface area contributed by atoms with Crippen LogP contribution in [0.2, 0.25) is 0 Å². The maximum Gasteiger partial charge on any atom is 0.251 e. The lowest BCUT2D eigenvalue weighted by atomic mass is 10.1. The van der Waals surface area contributed by atoms with Gasteiger partial charge in [-0.05, 0) is 56.5 Å². The third kappa shape index (κ3) is 5.13. The maximum absolute atomic E-state index is 12.2. The molecule has 3 nitrogen and oxygen atoms in total. The fraction of sp³-hybridized carbons (Fsp3) is 0.632. The molecule has 0 aliphatic carbocycles. The van der Waals surface area contributed by atoms with Gasteiger partial charge in [0.15, 0.2) is 0 Å². The van der Waals surface area contributed by atoms with Crippen LogP contribution in [0.3, 0.4) is 0 Å². The number of hydrogen-bond donors (Lipinski definition) is 1. The van der Waals surface area contributed by atoms with Gasteiger partial charge in [-0.25, -0.2) is 0 Å². The molecule has 0 saturated carbocycles. The van der Waals surface area contributed by atoms with E-state index < -0.39 is 0 Å². The van der Waals surface area contributed by atoms with Crippen LogP contribution in [0.5, 0.6) is 0 Å². The molecule has 122 valence electrons. The Hall–Kier alpha value is -1.35. The minimum absolute atomic E-state index is 0.0301. The van der Waals surface area contributed by atoms with Crippen LogP contribution in [0.25, 0.3) is 0 Å². The molecule has 3 heteroatoms. The molecule has 1 saturated heterocycles. The van der Waals surface area contributed by atoms with Gasteiger partial charge in [0.2, 0.25) is 0 Å². The first-order valence-corrected chi connectivity index (χ1v) is 8.68. The fourth-order valence-electron chi connectivity index (χ4n) is 2.77. The number of rotatable bonds is 5. The number of carbonyl (C=O) groups excluding carboxylic acids is 1. The summed E-state index contributed by atoms with van der Waals surface area (Å²) in [5, 5.41) is 3.06. The summed E-state index contributed by atoms with van der Waals surface area (Å²) in [7, 11) is 0. The minimum Gasteiger partial charge on any atom is -0.349 e. The molecule has 1 heterocycles. The topological polar surface area (TPSA) is 32.3 Å². The first kappa shape index (κ1) is 17.0. The lowest BCUT2D eigenvalue weighted by molar-refractivity contribution is 0.0930. The Bertz CT molecular complexity index is 459. The molecule has 1 N–H and O–H groups in total. The van der Waals surface area contributed by atoms with Crippen molar-refractivity contribution in [2.75, 3.05) is 13.1 Å². The molecule has 1 amide bonds. The highest BCUT2D eigenvalue weighted by molar-refractivity contribution is 5.94. The maximum atomic E-state index is 12.2. The number of nitrogens with zero attached hydrogens (tertiary/aromatic N) is 1. The van der Waals surface area contributed by atoms with Crippen molar-refractivity contribution < 1.29 is 4.79 Å². The highest BCUT2D eigenvalue weighted by atomic mass is 16.1. The van der Waals surface area contributed by atoms with Crippen LogP contribution in [0.15, 0.2) is 24.3 Å². The molecule has 1 aliphatic heterocycles. The predicted octanol–water partition coefficient (Wildman–Crippen LogP) is 3.84. The Morgan fingerprint density at radius 3 is 2.18 bits per heavy atom. The van der Waals surface area contributed by atoms with Crippen molar-refractivity contribution in [1.82, 2.24) is 10.2 Å². The van der Waals surface area contributed by atoms with E-state index in [1.807, 2.05) is 12.1 Å². The van der Waals surface area contributed by atoms with Crippen LogP contribution in [0.1, 0.15) is 62.4 Å². The number of benzene rings is 1. The SMILES string of the molecule is CC(C)[C@H](C)NC(=O)c1ccc(CN2CCCCCC2)cc1. The molecule has 0 unspecified atom stereocenters. The van der Waals surface area contributed by atoms with Gasteiger partial charge >= 0.3 is 0 Å². The largest absolute Gasteiger partial charge is 0.349 e. The van der Waals surface area contributed by atoms with Crippen molar-refractivity contribution in [1.29, 1.82) is 0 Å². The van der Waals surface area contributed by atoms with Crippen LogP contribution in [-0.4, -0.2) is 29.9 Å². The average molecular weight is 302 g/mol. The third-order valence-corrected chi connectivity index (χ3v) is 4.68. The molecule has 22 heavy (non-hydrogen) atoms. The fourth-order valence-corrected chi connectivity index (χ4v) is 2.77. The molecule has 1 aromatic rings. The summed E-state index contributed by atoms with van der Waals surface area (Å²) in [6.07, 6.45) is 5.36. The predicted molar refractivity (Wildman–Crippen MR) is 92.0 cm³/mol. The van der Waals surface area contributed by atoms with Gasteiger partial charge in [-0.3, -0.25) is 9.69 Å². The van der Waals surface area contributed by atoms with E-state index in [4.69, 9.17) is 0 Å². The quantitative estimate of drug-likeness (QED) is 0.896. The van der Waals surface area contributed by atoms with E-state index in [2.05, 4.69) is 43.1 Å². The molecule has 0 spiro atoms. The average Bonchev–Trinajstić information content (AvgIpc) is 2.76. The van der Waals surface area contributed by atoms with E-state index in [1.54, 1.807) is 0 Å². The van der Waals surface area contributed by atoms with Gasteiger partial charge in [0.1, 0.15) is 0 Å². The van der Waals surface area contributed by atoms with Crippen molar-refractivity contribution in [3.05, 3.63) is 35.4 Å². The van der Waals surface area contributed by atoms with E-state index in [9.17, 15) is 4.79 Å². The van der Waals surface area contributed by atoms with Crippen molar-refractivity contribution in [2.24, 2.45) is 5.92 Å². The summed E-state index contributed by atoms with van der Waals surface area (Å²) in [6, 6.07) is 8.30. The van der Waals surface area contributed by atoms with Crippen molar-refractivity contribution in [3.8, 4) is 0 Å². The third-order valence-electron chi connectivity index (χ3n) is 4.68. The van der Waals surface area contributed by atoms with Crippen LogP contribution in [0.4, 0.5) is 0 Å². The molecule has 2 rings (SSSR count). The van der Waals surface area contributed by atoms with Crippen LogP contribution >= 0.6 is 0 Å². The lowest BCUT2D eigenvalue weighted by Gasteiger charge is -2.20. The Kier molecular flexibility index (Phi) is 6.44. The number of likely N-dealkylation sites (tertiary alicyclic amines) is 1. The van der Waals surface area contributed by atoms with Crippen molar-refractivity contribution >= 4 is 5.91 Å². The standard InChI is InChI=1S/C19H30N2O/c1-15(2)16(3)20-19(22)18-10-8-17(9-11-18)14-21-12-6-4-5-7-13-21/h8-11,15-16H,4-7,12-14H2,1-3H3,(H,20,22)/t16-/m0/s1. The van der Waals surface area contributed by atoms with Gasteiger partial charge < -0.3 is 5.32 Å². The molecule has 1 fully saturated rings. The highest BCUT2D eigenvalue weighted by Gasteiger charge is 2.13. The van der Waals surface area contributed by atoms with E-state index in [-0.39, 0.29) is 11.9 Å². The van der Waals surface area contributed by atoms with Gasteiger partial charge in [0.05, 0.1) is 0 Å². The lowest BCUT2D eigenvalue weighted by Crippen LogP contribution is -2.36. The Balaban J connectivity index is 1.90. The molecular weight excluding hydrogens is 272 g/mol. The molecule has 0 bridgehead atoms. The second-order valence-electron chi connectivity index (χ2n) is 6.89. The zero-order valence-electron chi connectivity index (χ0n) is 14.3. The van der Waals surface area contributed by atoms with Crippen LogP contribution in [0, 0.1) is 5.92 Å². The molecule has 0 radical (unpaired) electrons. The summed E-state index contributed by atoms with van der Waals surface area (Å²) in [4.78, 5) is 14.7. The summed E-state index contributed by atoms with van der Waals surface area (Å²) in [5.74, 6) is 0.480. The number of hydrogen-bond acceptors (Lipinski definition) is 2. The molecule has 1 atom stereocenters. The summed E-state index contributed by atoms with van der Waals surface area (Å²) in [5.41, 5.74) is 2.06. The smallest absolute Gasteiger partial charge is 0.251 e. The van der Waals surface area contributed by atoms with E-state index in [0.717, 1.165) is 12.1 Å². The van der Waals surface area contributed by atoms with Gasteiger partial charge in [-0.1, -0.05) is 38.8 Å². The Morgan fingerprint density at radius 2 is 1.64 bits per heavy atom. The van der Waals surface area contributed by atoms with E-state index in [0.29, 0.717) is 5.92 Å². The number of nitrogens with one attached hydrogen (secondary N) is 1. The molecule has 1 aliphatic rings. The first-order chi connectivity index (χ1) is 10.6. The van der Waals surface area contributed by atoms with Crippen LogP contribution < -0.4 is 5.32 Å². The monoisotopic (exact) mass is 302 g/mol. The van der Waals surface area contributed by atoms with Gasteiger partial charge in [-0.15, -0.1) is 0 Å². The van der Waals surface area contributed by atoms with Crippen LogP contribution in [-0.2, 0) is 6.54 Å². The molecule has 1 aromatic carbocycles. The van der Waals surface area contributed by atoms with Gasteiger partial charge in [0, 0.05) is 18.2 Å². The number of amides is 1. The van der Waals surface area contributed by atoms with E-state index >= 15 is 0 Å². The van der Waals surface area contributed by atoms with Gasteiger partial charge in [-0.2, -0.15) is 0 Å². The number of carbonyl (C=O) groups is 1. The second-order valence-corrected chi connectivity index (χ2v) is 6.89. The first-order valence-electron chi connectivity index (χ1n) is 8.68. The zero-order chi connectivity index (χ0) is 15.9. The summed E-state index contributed by atoms with van der Waals surface area (Å²) >= 11 is 0. The van der Waals surface area contributed by atoms with Crippen molar-refractivity contribution in [3.63, 3.8) is 0 Å². The van der Waals surface area contributed by atoms with Crippen molar-refractivity contribution in [2.45, 2.75) is 59.0 Å². The highest BCUT2D eigenvalue weighted by Crippen LogP contribution is 2.14. The summed E-state index contributed by atoms with van der Waals surface area (Å²) in [6.45, 7) is 9.70. The normalized spacial score (nSPS) is 18.0. The zero-order valence-corrected chi connectivity index (χ0v) is 14.3. The molecule has 0 aromatic heterocycles.